The number of carbonyl (C=O) groups is 1. The van der Waals surface area contributed by atoms with Crippen LogP contribution >= 0.6 is 11.6 Å². The predicted octanol–water partition coefficient (Wildman–Crippen LogP) is 4.22. The summed E-state index contributed by atoms with van der Waals surface area (Å²) in [6, 6.07) is 19.0. The van der Waals surface area contributed by atoms with Gasteiger partial charge >= 0.3 is 0 Å². The Morgan fingerprint density at radius 3 is 2.45 bits per heavy atom. The zero-order chi connectivity index (χ0) is 21.8. The largest absolute Gasteiger partial charge is 0.497 e. The van der Waals surface area contributed by atoms with E-state index >= 15 is 0 Å². The first kappa shape index (κ1) is 20.4. The van der Waals surface area contributed by atoms with E-state index in [4.69, 9.17) is 16.3 Å². The molecule has 0 radical (unpaired) electrons. The van der Waals surface area contributed by atoms with Crippen LogP contribution in [0.25, 0.3) is 5.65 Å². The van der Waals surface area contributed by atoms with Gasteiger partial charge in [0.15, 0.2) is 0 Å². The van der Waals surface area contributed by atoms with Crippen molar-refractivity contribution in [3.8, 4) is 5.75 Å². The molecule has 156 valence electrons. The molecule has 0 aliphatic heterocycles. The standard InChI is InChI=1S/C23H19ClN4O3/c1-31-20-9-7-18(8-10-20)27-23(30)15-2-5-17(6-3-15)25-13-19-12-22(29)28-14-16(24)4-11-21(28)26-19/h2-12,14,25H,13H2,1H3,(H,27,30). The molecule has 2 aromatic carbocycles. The number of nitrogens with one attached hydrogen (secondary N) is 2. The number of hydrogen-bond acceptors (Lipinski definition) is 5. The third-order valence-corrected chi connectivity index (χ3v) is 4.87. The first-order chi connectivity index (χ1) is 15.0. The number of anilines is 2. The molecule has 4 aromatic rings. The van der Waals surface area contributed by atoms with E-state index in [1.54, 1.807) is 74.0 Å². The molecule has 31 heavy (non-hydrogen) atoms. The molecule has 4 rings (SSSR count). The highest BCUT2D eigenvalue weighted by Crippen LogP contribution is 2.17. The Morgan fingerprint density at radius 1 is 1.03 bits per heavy atom. The zero-order valence-corrected chi connectivity index (χ0v) is 17.4. The Bertz CT molecular complexity index is 1290. The fourth-order valence-electron chi connectivity index (χ4n) is 3.03. The molecule has 8 heteroatoms. The molecule has 0 spiro atoms. The summed E-state index contributed by atoms with van der Waals surface area (Å²) in [4.78, 5) is 29.1. The summed E-state index contributed by atoms with van der Waals surface area (Å²) in [5, 5.41) is 6.52. The molecule has 7 nitrogen and oxygen atoms in total. The van der Waals surface area contributed by atoms with Gasteiger partial charge in [0, 0.05) is 29.2 Å². The number of nitrogens with zero attached hydrogens (tertiary/aromatic N) is 2. The maximum Gasteiger partial charge on any atom is 0.258 e. The fourth-order valence-corrected chi connectivity index (χ4v) is 3.19. The molecule has 0 unspecified atom stereocenters. The van der Waals surface area contributed by atoms with E-state index in [0.29, 0.717) is 34.2 Å². The minimum atomic E-state index is -0.209. The Morgan fingerprint density at radius 2 is 1.74 bits per heavy atom. The second kappa shape index (κ2) is 8.89. The predicted molar refractivity (Wildman–Crippen MR) is 121 cm³/mol. The summed E-state index contributed by atoms with van der Waals surface area (Å²) in [7, 11) is 1.59. The number of methoxy groups -OCH3 is 1. The van der Waals surface area contributed by atoms with Crippen molar-refractivity contribution in [1.82, 2.24) is 9.38 Å². The van der Waals surface area contributed by atoms with Crippen LogP contribution in [0.2, 0.25) is 5.02 Å². The molecule has 0 aliphatic carbocycles. The third kappa shape index (κ3) is 4.84. The normalized spacial score (nSPS) is 10.6. The molecule has 0 saturated carbocycles. The van der Waals surface area contributed by atoms with E-state index in [1.165, 1.54) is 10.5 Å². The molecular weight excluding hydrogens is 416 g/mol. The number of fused-ring (bicyclic) bond motifs is 1. The Hall–Kier alpha value is -3.84. The smallest absolute Gasteiger partial charge is 0.258 e. The molecule has 0 saturated heterocycles. The Kier molecular flexibility index (Phi) is 5.86. The van der Waals surface area contributed by atoms with Crippen LogP contribution in [0.15, 0.2) is 77.7 Å². The average molecular weight is 435 g/mol. The van der Waals surface area contributed by atoms with E-state index in [9.17, 15) is 9.59 Å². The van der Waals surface area contributed by atoms with Crippen molar-refractivity contribution in [3.63, 3.8) is 0 Å². The summed E-state index contributed by atoms with van der Waals surface area (Å²) in [5.74, 6) is 0.514. The summed E-state index contributed by atoms with van der Waals surface area (Å²) in [5.41, 5.74) is 2.95. The minimum absolute atomic E-state index is 0.199. The van der Waals surface area contributed by atoms with Gasteiger partial charge in [-0.3, -0.25) is 14.0 Å². The van der Waals surface area contributed by atoms with E-state index in [-0.39, 0.29) is 11.5 Å². The number of aromatic nitrogens is 2. The highest BCUT2D eigenvalue weighted by atomic mass is 35.5. The molecular formula is C23H19ClN4O3. The van der Waals surface area contributed by atoms with Gasteiger partial charge in [0.2, 0.25) is 0 Å². The van der Waals surface area contributed by atoms with Gasteiger partial charge in [-0.05, 0) is 60.7 Å². The molecule has 0 fully saturated rings. The van der Waals surface area contributed by atoms with E-state index in [1.807, 2.05) is 0 Å². The second-order valence-electron chi connectivity index (χ2n) is 6.77. The molecule has 2 N–H and O–H groups in total. The molecule has 0 atom stereocenters. The monoisotopic (exact) mass is 434 g/mol. The average Bonchev–Trinajstić information content (AvgIpc) is 2.79. The van der Waals surface area contributed by atoms with Crippen LogP contribution in [0.4, 0.5) is 11.4 Å². The highest BCUT2D eigenvalue weighted by Gasteiger charge is 2.07. The first-order valence-corrected chi connectivity index (χ1v) is 9.87. The number of benzene rings is 2. The quantitative estimate of drug-likeness (QED) is 0.474. The number of rotatable bonds is 6. The van der Waals surface area contributed by atoms with Gasteiger partial charge in [-0.15, -0.1) is 0 Å². The maximum absolute atomic E-state index is 12.4. The SMILES string of the molecule is COc1ccc(NC(=O)c2ccc(NCc3cc(=O)n4cc(Cl)ccc4n3)cc2)cc1. The van der Waals surface area contributed by atoms with Crippen molar-refractivity contribution in [2.45, 2.75) is 6.54 Å². The van der Waals surface area contributed by atoms with Crippen LogP contribution in [0.5, 0.6) is 5.75 Å². The maximum atomic E-state index is 12.4. The van der Waals surface area contributed by atoms with Gasteiger partial charge in [-0.2, -0.15) is 0 Å². The van der Waals surface area contributed by atoms with Gasteiger partial charge in [-0.1, -0.05) is 11.6 Å². The van der Waals surface area contributed by atoms with E-state index < -0.39 is 0 Å². The molecule has 0 bridgehead atoms. The van der Waals surface area contributed by atoms with Crippen molar-refractivity contribution in [2.75, 3.05) is 17.7 Å². The molecule has 2 heterocycles. The first-order valence-electron chi connectivity index (χ1n) is 9.49. The summed E-state index contributed by atoms with van der Waals surface area (Å²) in [6.45, 7) is 0.367. The lowest BCUT2D eigenvalue weighted by Crippen LogP contribution is -2.16. The number of amides is 1. The van der Waals surface area contributed by atoms with Gasteiger partial charge in [0.05, 0.1) is 24.4 Å². The van der Waals surface area contributed by atoms with E-state index in [0.717, 1.165) is 11.4 Å². The topological polar surface area (TPSA) is 84.7 Å². The van der Waals surface area contributed by atoms with Crippen molar-refractivity contribution >= 4 is 34.5 Å². The lowest BCUT2D eigenvalue weighted by Gasteiger charge is -2.09. The van der Waals surface area contributed by atoms with Crippen LogP contribution in [-0.4, -0.2) is 22.4 Å². The molecule has 0 aliphatic rings. The van der Waals surface area contributed by atoms with Crippen LogP contribution in [0.3, 0.4) is 0 Å². The number of pyridine rings is 1. The van der Waals surface area contributed by atoms with Gasteiger partial charge in [0.1, 0.15) is 11.4 Å². The zero-order valence-electron chi connectivity index (χ0n) is 16.6. The van der Waals surface area contributed by atoms with Crippen LogP contribution in [0, 0.1) is 0 Å². The number of ether oxygens (including phenoxy) is 1. The summed E-state index contributed by atoms with van der Waals surface area (Å²) >= 11 is 5.93. The lowest BCUT2D eigenvalue weighted by molar-refractivity contribution is 0.102. The van der Waals surface area contributed by atoms with Crippen molar-refractivity contribution in [3.05, 3.63) is 99.6 Å². The van der Waals surface area contributed by atoms with Crippen LogP contribution in [-0.2, 0) is 6.54 Å². The number of hydrogen-bond donors (Lipinski definition) is 2. The number of halogens is 1. The van der Waals surface area contributed by atoms with Gasteiger partial charge in [-0.25, -0.2) is 4.98 Å². The molecule has 1 amide bonds. The van der Waals surface area contributed by atoms with Crippen molar-refractivity contribution in [1.29, 1.82) is 0 Å². The summed E-state index contributed by atoms with van der Waals surface area (Å²) < 4.78 is 6.52. The fraction of sp³-hybridized carbons (Fsp3) is 0.0870. The minimum Gasteiger partial charge on any atom is -0.497 e. The third-order valence-electron chi connectivity index (χ3n) is 4.65. The van der Waals surface area contributed by atoms with Gasteiger partial charge < -0.3 is 15.4 Å². The molecule has 2 aromatic heterocycles. The Balaban J connectivity index is 1.40. The van der Waals surface area contributed by atoms with E-state index in [2.05, 4.69) is 15.6 Å². The van der Waals surface area contributed by atoms with Crippen LogP contribution < -0.4 is 20.9 Å². The van der Waals surface area contributed by atoms with Crippen molar-refractivity contribution in [2.24, 2.45) is 0 Å². The van der Waals surface area contributed by atoms with Gasteiger partial charge in [0.25, 0.3) is 11.5 Å². The number of carbonyl (C=O) groups excluding carboxylic acids is 1. The van der Waals surface area contributed by atoms with Crippen molar-refractivity contribution < 1.29 is 9.53 Å². The highest BCUT2D eigenvalue weighted by molar-refractivity contribution is 6.30. The Labute approximate surface area is 183 Å². The second-order valence-corrected chi connectivity index (χ2v) is 7.21. The van der Waals surface area contributed by atoms with Crippen LogP contribution in [0.1, 0.15) is 16.1 Å². The lowest BCUT2D eigenvalue weighted by atomic mass is 10.2. The summed E-state index contributed by atoms with van der Waals surface area (Å²) in [6.07, 6.45) is 1.54.